The molecule has 0 spiro atoms. The van der Waals surface area contributed by atoms with Gasteiger partial charge in [0, 0.05) is 30.3 Å². The van der Waals surface area contributed by atoms with Gasteiger partial charge in [-0.2, -0.15) is 4.98 Å². The van der Waals surface area contributed by atoms with Gasteiger partial charge in [0.2, 0.25) is 0 Å². The van der Waals surface area contributed by atoms with Crippen molar-refractivity contribution in [2.45, 2.75) is 32.7 Å². The maximum atomic E-state index is 12.8. The number of benzene rings is 1. The van der Waals surface area contributed by atoms with E-state index in [1.165, 1.54) is 0 Å². The summed E-state index contributed by atoms with van der Waals surface area (Å²) in [5.74, 6) is 1.06. The number of anilines is 1. The number of hydrogen-bond acceptors (Lipinski definition) is 5. The van der Waals surface area contributed by atoms with E-state index in [4.69, 9.17) is 14.3 Å². The van der Waals surface area contributed by atoms with Crippen molar-refractivity contribution < 1.29 is 23.4 Å². The van der Waals surface area contributed by atoms with Crippen molar-refractivity contribution in [2.24, 2.45) is 5.92 Å². The standard InChI is InChI=1S/C19H24FN3O4/c1-12-7-19(2,3)23(10-12)17-22-15-5-4-14(6-16(15)27-17)26-11-13(8-20)9-21-18(24)25/h4-6,8,12,21H,7,9-11H2,1-3H3,(H,24,25)/b13-8+/t12-/m0/s1. The van der Waals surface area contributed by atoms with Gasteiger partial charge in [-0.05, 0) is 38.3 Å². The van der Waals surface area contributed by atoms with Crippen LogP contribution in [0.2, 0.25) is 0 Å². The van der Waals surface area contributed by atoms with Gasteiger partial charge in [0.15, 0.2) is 5.58 Å². The molecule has 2 aromatic rings. The van der Waals surface area contributed by atoms with Gasteiger partial charge < -0.3 is 24.5 Å². The van der Waals surface area contributed by atoms with Gasteiger partial charge in [0.1, 0.15) is 17.9 Å². The van der Waals surface area contributed by atoms with Gasteiger partial charge in [-0.25, -0.2) is 9.18 Å². The molecule has 1 aliphatic heterocycles. The van der Waals surface area contributed by atoms with Crippen LogP contribution in [0.3, 0.4) is 0 Å². The average Bonchev–Trinajstić information content (AvgIpc) is 3.13. The predicted octanol–water partition coefficient (Wildman–Crippen LogP) is 3.95. The highest BCUT2D eigenvalue weighted by molar-refractivity contribution is 5.76. The second-order valence-electron chi connectivity index (χ2n) is 7.57. The predicted molar refractivity (Wildman–Crippen MR) is 99.9 cm³/mol. The van der Waals surface area contributed by atoms with Crippen molar-refractivity contribution >= 4 is 23.2 Å². The largest absolute Gasteiger partial charge is 0.489 e. The minimum atomic E-state index is -1.22. The molecule has 2 heterocycles. The molecule has 0 aliphatic carbocycles. The number of aromatic nitrogens is 1. The lowest BCUT2D eigenvalue weighted by Gasteiger charge is -2.29. The van der Waals surface area contributed by atoms with Crippen molar-refractivity contribution in [3.05, 3.63) is 30.1 Å². The van der Waals surface area contributed by atoms with Crippen LogP contribution in [0.25, 0.3) is 11.1 Å². The Morgan fingerprint density at radius 3 is 2.96 bits per heavy atom. The van der Waals surface area contributed by atoms with Gasteiger partial charge in [-0.3, -0.25) is 0 Å². The van der Waals surface area contributed by atoms with E-state index >= 15 is 0 Å². The molecule has 1 atom stereocenters. The number of nitrogens with zero attached hydrogens (tertiary/aromatic N) is 2. The number of nitrogens with one attached hydrogen (secondary N) is 1. The molecule has 0 bridgehead atoms. The lowest BCUT2D eigenvalue weighted by molar-refractivity contribution is 0.195. The fourth-order valence-corrected chi connectivity index (χ4v) is 3.51. The Labute approximate surface area is 156 Å². The summed E-state index contributed by atoms with van der Waals surface area (Å²) in [5.41, 5.74) is 1.48. The van der Waals surface area contributed by atoms with Gasteiger partial charge in [0.25, 0.3) is 6.01 Å². The first-order valence-corrected chi connectivity index (χ1v) is 8.84. The number of rotatable bonds is 6. The summed E-state index contributed by atoms with van der Waals surface area (Å²) >= 11 is 0. The van der Waals surface area contributed by atoms with Gasteiger partial charge >= 0.3 is 6.09 Å². The van der Waals surface area contributed by atoms with Crippen LogP contribution in [0.5, 0.6) is 5.75 Å². The Balaban J connectivity index is 1.72. The summed E-state index contributed by atoms with van der Waals surface area (Å²) in [6.07, 6.45) is 0.199. The van der Waals surface area contributed by atoms with E-state index in [2.05, 4.69) is 36.0 Å². The third kappa shape index (κ3) is 4.32. The van der Waals surface area contributed by atoms with Crippen LogP contribution in [0, 0.1) is 5.92 Å². The number of oxazole rings is 1. The highest BCUT2D eigenvalue weighted by Gasteiger charge is 2.38. The van der Waals surface area contributed by atoms with Crippen molar-refractivity contribution in [1.29, 1.82) is 0 Å². The Morgan fingerprint density at radius 2 is 2.33 bits per heavy atom. The Hall–Kier alpha value is -2.77. The zero-order valence-corrected chi connectivity index (χ0v) is 15.7. The number of carbonyl (C=O) groups is 1. The molecule has 0 saturated carbocycles. The number of amides is 1. The summed E-state index contributed by atoms with van der Waals surface area (Å²) in [6.45, 7) is 7.25. The summed E-state index contributed by atoms with van der Waals surface area (Å²) < 4.78 is 24.3. The number of fused-ring (bicyclic) bond motifs is 1. The van der Waals surface area contributed by atoms with Crippen LogP contribution in [0.1, 0.15) is 27.2 Å². The van der Waals surface area contributed by atoms with Gasteiger partial charge in [0.05, 0.1) is 6.33 Å². The highest BCUT2D eigenvalue weighted by atomic mass is 19.1. The van der Waals surface area contributed by atoms with E-state index in [0.29, 0.717) is 29.6 Å². The first-order chi connectivity index (χ1) is 12.8. The fourth-order valence-electron chi connectivity index (χ4n) is 3.51. The highest BCUT2D eigenvalue weighted by Crippen LogP contribution is 2.37. The van der Waals surface area contributed by atoms with E-state index in [1.807, 2.05) is 0 Å². The summed E-state index contributed by atoms with van der Waals surface area (Å²) in [5, 5.41) is 10.7. The summed E-state index contributed by atoms with van der Waals surface area (Å²) in [6, 6.07) is 5.82. The molecule has 8 heteroatoms. The van der Waals surface area contributed by atoms with Crippen LogP contribution in [-0.4, -0.2) is 41.4 Å². The SMILES string of the molecule is C[C@@H]1CN(c2nc3ccc(OC/C(=C/F)CNC(=O)O)cc3o2)C(C)(C)C1. The minimum absolute atomic E-state index is 0.0163. The lowest BCUT2D eigenvalue weighted by Crippen LogP contribution is -2.38. The Kier molecular flexibility index (Phi) is 5.25. The number of hydrogen-bond donors (Lipinski definition) is 2. The molecule has 0 unspecified atom stereocenters. The molecule has 1 saturated heterocycles. The molecule has 27 heavy (non-hydrogen) atoms. The van der Waals surface area contributed by atoms with Crippen molar-refractivity contribution in [2.75, 3.05) is 24.6 Å². The molecular formula is C19H24FN3O4. The van der Waals surface area contributed by atoms with Crippen LogP contribution < -0.4 is 15.0 Å². The molecule has 1 aromatic carbocycles. The Morgan fingerprint density at radius 1 is 1.56 bits per heavy atom. The third-order valence-corrected chi connectivity index (χ3v) is 4.70. The van der Waals surface area contributed by atoms with E-state index in [0.717, 1.165) is 18.5 Å². The molecule has 7 nitrogen and oxygen atoms in total. The molecular weight excluding hydrogens is 353 g/mol. The number of carboxylic acid groups (broad SMARTS) is 1. The van der Waals surface area contributed by atoms with Crippen LogP contribution in [-0.2, 0) is 0 Å². The van der Waals surface area contributed by atoms with Crippen LogP contribution in [0.15, 0.2) is 34.5 Å². The smallest absolute Gasteiger partial charge is 0.404 e. The van der Waals surface area contributed by atoms with Gasteiger partial charge in [-0.15, -0.1) is 0 Å². The van der Waals surface area contributed by atoms with Crippen LogP contribution in [0.4, 0.5) is 15.2 Å². The quantitative estimate of drug-likeness (QED) is 0.792. The Bertz CT molecular complexity index is 862. The van der Waals surface area contributed by atoms with E-state index in [9.17, 15) is 9.18 Å². The maximum Gasteiger partial charge on any atom is 0.404 e. The van der Waals surface area contributed by atoms with Crippen LogP contribution >= 0.6 is 0 Å². The van der Waals surface area contributed by atoms with E-state index in [-0.39, 0.29) is 24.3 Å². The average molecular weight is 377 g/mol. The summed E-state index contributed by atoms with van der Waals surface area (Å²) in [4.78, 5) is 17.3. The second kappa shape index (κ2) is 7.46. The number of halogens is 1. The molecule has 0 radical (unpaired) electrons. The molecule has 2 N–H and O–H groups in total. The van der Waals surface area contributed by atoms with Crippen molar-refractivity contribution in [1.82, 2.24) is 10.3 Å². The van der Waals surface area contributed by atoms with Crippen molar-refractivity contribution in [3.63, 3.8) is 0 Å². The van der Waals surface area contributed by atoms with E-state index in [1.54, 1.807) is 18.2 Å². The van der Waals surface area contributed by atoms with Crippen molar-refractivity contribution in [3.8, 4) is 5.75 Å². The third-order valence-electron chi connectivity index (χ3n) is 4.70. The zero-order valence-electron chi connectivity index (χ0n) is 15.7. The molecule has 1 amide bonds. The summed E-state index contributed by atoms with van der Waals surface area (Å²) in [7, 11) is 0. The van der Waals surface area contributed by atoms with E-state index < -0.39 is 6.09 Å². The lowest BCUT2D eigenvalue weighted by atomic mass is 9.98. The maximum absolute atomic E-state index is 12.8. The normalized spacial score (nSPS) is 19.5. The monoisotopic (exact) mass is 377 g/mol. The topological polar surface area (TPSA) is 87.8 Å². The number of ether oxygens (including phenoxy) is 1. The molecule has 146 valence electrons. The molecule has 3 rings (SSSR count). The minimum Gasteiger partial charge on any atom is -0.489 e. The molecule has 1 fully saturated rings. The fraction of sp³-hybridized carbons (Fsp3) is 0.474. The molecule has 1 aliphatic rings. The van der Waals surface area contributed by atoms with Gasteiger partial charge in [-0.1, -0.05) is 6.92 Å². The first-order valence-electron chi connectivity index (χ1n) is 8.84. The molecule has 1 aromatic heterocycles. The first kappa shape index (κ1) is 19.0. The second-order valence-corrected chi connectivity index (χ2v) is 7.57. The zero-order chi connectivity index (χ0) is 19.6.